The van der Waals surface area contributed by atoms with E-state index >= 15 is 0 Å². The minimum atomic E-state index is -0.682. The maximum absolute atomic E-state index is 12.2. The molecule has 1 amide bonds. The number of fused-ring (bicyclic) bond motifs is 1. The van der Waals surface area contributed by atoms with Gasteiger partial charge in [0.25, 0.3) is 5.91 Å². The fourth-order valence-electron chi connectivity index (χ4n) is 2.39. The summed E-state index contributed by atoms with van der Waals surface area (Å²) in [6, 6.07) is 10.6. The summed E-state index contributed by atoms with van der Waals surface area (Å²) in [5.74, 6) is -0.857. The second-order valence-electron chi connectivity index (χ2n) is 4.86. The molecule has 1 N–H and O–H groups in total. The zero-order valence-electron chi connectivity index (χ0n) is 11.1. The average molecular weight is 280 g/mol. The first-order chi connectivity index (χ1) is 10.2. The number of hydrogen-bond donors (Lipinski definition) is 1. The fourth-order valence-corrected chi connectivity index (χ4v) is 2.39. The summed E-state index contributed by atoms with van der Waals surface area (Å²) in [4.78, 5) is 24.1. The number of nitrogens with zero attached hydrogens (tertiary/aromatic N) is 1. The van der Waals surface area contributed by atoms with E-state index in [1.54, 1.807) is 24.3 Å². The van der Waals surface area contributed by atoms with Crippen molar-refractivity contribution in [2.24, 2.45) is 5.92 Å². The number of rotatable bonds is 2. The molecule has 1 aromatic carbocycles. The third-order valence-corrected chi connectivity index (χ3v) is 3.49. The highest BCUT2D eigenvalue weighted by molar-refractivity contribution is 5.97. The van der Waals surface area contributed by atoms with Gasteiger partial charge in [-0.3, -0.25) is 4.79 Å². The summed E-state index contributed by atoms with van der Waals surface area (Å²) in [7, 11) is 0. The van der Waals surface area contributed by atoms with Crippen LogP contribution in [0.5, 0.6) is 0 Å². The van der Waals surface area contributed by atoms with E-state index in [-0.39, 0.29) is 11.5 Å². The Morgan fingerprint density at radius 3 is 3.00 bits per heavy atom. The van der Waals surface area contributed by atoms with Gasteiger partial charge in [0.05, 0.1) is 12.0 Å². The van der Waals surface area contributed by atoms with Crippen LogP contribution < -0.4 is 10.9 Å². The normalized spacial score (nSPS) is 17.3. The Labute approximate surface area is 120 Å². The van der Waals surface area contributed by atoms with E-state index in [9.17, 15) is 9.59 Å². The largest absolute Gasteiger partial charge is 0.422 e. The molecule has 5 nitrogen and oxygen atoms in total. The van der Waals surface area contributed by atoms with E-state index in [2.05, 4.69) is 11.4 Å². The molecule has 1 aromatic heterocycles. The van der Waals surface area contributed by atoms with Gasteiger partial charge in [0, 0.05) is 11.1 Å². The quantitative estimate of drug-likeness (QED) is 0.856. The number of nitriles is 1. The molecule has 1 unspecified atom stereocenters. The van der Waals surface area contributed by atoms with Crippen LogP contribution in [-0.2, 0) is 0 Å². The van der Waals surface area contributed by atoms with E-state index in [1.807, 2.05) is 6.08 Å². The lowest BCUT2D eigenvalue weighted by atomic mass is 10.1. The van der Waals surface area contributed by atoms with Crippen molar-refractivity contribution in [2.45, 2.75) is 12.8 Å². The van der Waals surface area contributed by atoms with Gasteiger partial charge in [-0.1, -0.05) is 24.3 Å². The van der Waals surface area contributed by atoms with Gasteiger partial charge in [-0.05, 0) is 25.0 Å². The minimum absolute atomic E-state index is 0.0572. The first kappa shape index (κ1) is 13.1. The number of carbonyl (C=O) groups is 1. The maximum atomic E-state index is 12.2. The van der Waals surface area contributed by atoms with Gasteiger partial charge >= 0.3 is 5.63 Å². The summed E-state index contributed by atoms with van der Waals surface area (Å²) < 4.78 is 5.13. The molecule has 1 aliphatic rings. The molecule has 21 heavy (non-hydrogen) atoms. The van der Waals surface area contributed by atoms with Crippen LogP contribution in [0.4, 0.5) is 0 Å². The van der Waals surface area contributed by atoms with E-state index in [0.29, 0.717) is 23.1 Å². The average Bonchev–Trinajstić information content (AvgIpc) is 2.93. The van der Waals surface area contributed by atoms with Crippen molar-refractivity contribution in [3.63, 3.8) is 0 Å². The molecule has 104 valence electrons. The van der Waals surface area contributed by atoms with Crippen molar-refractivity contribution in [3.8, 4) is 6.07 Å². The van der Waals surface area contributed by atoms with Crippen LogP contribution in [0.1, 0.15) is 23.2 Å². The Morgan fingerprint density at radius 2 is 2.19 bits per heavy atom. The lowest BCUT2D eigenvalue weighted by Gasteiger charge is -2.09. The number of para-hydroxylation sites is 1. The van der Waals surface area contributed by atoms with Crippen molar-refractivity contribution >= 4 is 16.9 Å². The van der Waals surface area contributed by atoms with Crippen LogP contribution in [0.15, 0.2) is 51.3 Å². The van der Waals surface area contributed by atoms with Crippen molar-refractivity contribution < 1.29 is 9.21 Å². The highest BCUT2D eigenvalue weighted by Crippen LogP contribution is 2.23. The standard InChI is InChI=1S/C16H12N2O3/c17-9-11-5-3-6-13(11)18-15(19)12-8-10-4-1-2-7-14(10)21-16(12)20/h1-2,4,6-8,11H,3,5H2,(H,18,19). The predicted octanol–water partition coefficient (Wildman–Crippen LogP) is 2.34. The van der Waals surface area contributed by atoms with Crippen LogP contribution in [0.2, 0.25) is 0 Å². The highest BCUT2D eigenvalue weighted by Gasteiger charge is 2.22. The summed E-state index contributed by atoms with van der Waals surface area (Å²) in [5.41, 5.74) is 0.264. The molecule has 1 heterocycles. The van der Waals surface area contributed by atoms with E-state index < -0.39 is 11.5 Å². The lowest BCUT2D eigenvalue weighted by Crippen LogP contribution is -2.29. The van der Waals surface area contributed by atoms with Gasteiger partial charge in [0.15, 0.2) is 0 Å². The molecule has 0 aliphatic heterocycles. The second kappa shape index (κ2) is 5.25. The summed E-state index contributed by atoms with van der Waals surface area (Å²) in [6.07, 6.45) is 3.26. The Hall–Kier alpha value is -2.87. The Bertz CT molecular complexity index is 842. The molecule has 0 radical (unpaired) electrons. The maximum Gasteiger partial charge on any atom is 0.349 e. The molecule has 0 saturated heterocycles. The summed E-state index contributed by atoms with van der Waals surface area (Å²) >= 11 is 0. The van der Waals surface area contributed by atoms with Gasteiger partial charge in [-0.2, -0.15) is 5.26 Å². The van der Waals surface area contributed by atoms with Crippen molar-refractivity contribution in [1.29, 1.82) is 5.26 Å². The van der Waals surface area contributed by atoms with Gasteiger partial charge in [0.2, 0.25) is 0 Å². The van der Waals surface area contributed by atoms with Crippen LogP contribution >= 0.6 is 0 Å². The first-order valence-electron chi connectivity index (χ1n) is 6.63. The molecular formula is C16H12N2O3. The third kappa shape index (κ3) is 2.43. The number of carbonyl (C=O) groups excluding carboxylic acids is 1. The molecule has 0 fully saturated rings. The molecule has 1 aliphatic carbocycles. The lowest BCUT2D eigenvalue weighted by molar-refractivity contribution is 0.0960. The van der Waals surface area contributed by atoms with E-state index in [1.165, 1.54) is 6.07 Å². The smallest absolute Gasteiger partial charge is 0.349 e. The molecule has 3 rings (SSSR count). The van der Waals surface area contributed by atoms with Gasteiger partial charge in [-0.15, -0.1) is 0 Å². The van der Waals surface area contributed by atoms with Crippen molar-refractivity contribution in [1.82, 2.24) is 5.32 Å². The third-order valence-electron chi connectivity index (χ3n) is 3.49. The molecule has 0 bridgehead atoms. The van der Waals surface area contributed by atoms with Crippen molar-refractivity contribution in [2.75, 3.05) is 0 Å². The minimum Gasteiger partial charge on any atom is -0.422 e. The number of amides is 1. The summed E-state index contributed by atoms with van der Waals surface area (Å²) in [6.45, 7) is 0. The van der Waals surface area contributed by atoms with Crippen LogP contribution in [-0.4, -0.2) is 5.91 Å². The highest BCUT2D eigenvalue weighted by atomic mass is 16.4. The Morgan fingerprint density at radius 1 is 1.38 bits per heavy atom. The molecule has 0 spiro atoms. The van der Waals surface area contributed by atoms with Crippen LogP contribution in [0.25, 0.3) is 11.0 Å². The number of benzene rings is 1. The molecular weight excluding hydrogens is 268 g/mol. The molecule has 0 saturated carbocycles. The van der Waals surface area contributed by atoms with Gasteiger partial charge < -0.3 is 9.73 Å². The van der Waals surface area contributed by atoms with Gasteiger partial charge in [-0.25, -0.2) is 4.79 Å². The van der Waals surface area contributed by atoms with E-state index in [4.69, 9.17) is 9.68 Å². The zero-order valence-corrected chi connectivity index (χ0v) is 11.1. The van der Waals surface area contributed by atoms with E-state index in [0.717, 1.165) is 6.42 Å². The van der Waals surface area contributed by atoms with Crippen molar-refractivity contribution in [3.05, 3.63) is 58.1 Å². The molecule has 1 atom stereocenters. The monoisotopic (exact) mass is 280 g/mol. The van der Waals surface area contributed by atoms with Crippen LogP contribution in [0.3, 0.4) is 0 Å². The number of hydrogen-bond acceptors (Lipinski definition) is 4. The fraction of sp³-hybridized carbons (Fsp3) is 0.188. The zero-order chi connectivity index (χ0) is 14.8. The second-order valence-corrected chi connectivity index (χ2v) is 4.86. The Balaban J connectivity index is 1.93. The number of allylic oxidation sites excluding steroid dienone is 2. The molecule has 5 heteroatoms. The van der Waals surface area contributed by atoms with Crippen LogP contribution in [0, 0.1) is 17.2 Å². The first-order valence-corrected chi connectivity index (χ1v) is 6.63. The van der Waals surface area contributed by atoms with Gasteiger partial charge in [0.1, 0.15) is 11.1 Å². The topological polar surface area (TPSA) is 83.1 Å². The summed E-state index contributed by atoms with van der Waals surface area (Å²) in [5, 5.41) is 12.3. The SMILES string of the molecule is N#CC1CCC=C1NC(=O)c1cc2ccccc2oc1=O. The number of nitrogens with one attached hydrogen (secondary N) is 1. The Kier molecular flexibility index (Phi) is 3.28. The molecule has 2 aromatic rings. The predicted molar refractivity (Wildman–Crippen MR) is 76.4 cm³/mol.